The highest BCUT2D eigenvalue weighted by Gasteiger charge is 2.36. The third-order valence-electron chi connectivity index (χ3n) is 5.58. The van der Waals surface area contributed by atoms with Crippen LogP contribution < -0.4 is 15.0 Å². The predicted octanol–water partition coefficient (Wildman–Crippen LogP) is 3.98. The van der Waals surface area contributed by atoms with Crippen molar-refractivity contribution in [1.29, 1.82) is 0 Å². The quantitative estimate of drug-likeness (QED) is 0.189. The van der Waals surface area contributed by atoms with Crippen LogP contribution in [-0.4, -0.2) is 33.5 Å². The van der Waals surface area contributed by atoms with Gasteiger partial charge >= 0.3 is 0 Å². The number of benzene rings is 2. The highest BCUT2D eigenvalue weighted by molar-refractivity contribution is 7.80. The van der Waals surface area contributed by atoms with Gasteiger partial charge in [0.25, 0.3) is 17.5 Å². The van der Waals surface area contributed by atoms with Crippen molar-refractivity contribution in [1.82, 2.24) is 9.88 Å². The summed E-state index contributed by atoms with van der Waals surface area (Å²) in [6.45, 7) is 3.57. The normalized spacial score (nSPS) is 14.9. The number of non-ortho nitro benzene ring substituents is 1. The molecule has 2 aromatic carbocycles. The smallest absolute Gasteiger partial charge is 0.273 e. The number of hydrogen-bond acceptors (Lipinski definition) is 6. The number of rotatable bonds is 5. The average Bonchev–Trinajstić information content (AvgIpc) is 3.09. The summed E-state index contributed by atoms with van der Waals surface area (Å²) in [6.07, 6.45) is 1.41. The Hall–Kier alpha value is -4.38. The summed E-state index contributed by atoms with van der Waals surface area (Å²) in [5, 5.41) is 13.4. The van der Waals surface area contributed by atoms with E-state index in [1.165, 1.54) is 43.5 Å². The molecule has 4 rings (SSSR count). The van der Waals surface area contributed by atoms with Gasteiger partial charge in [-0.3, -0.25) is 25.0 Å². The summed E-state index contributed by atoms with van der Waals surface area (Å²) in [5.74, 6) is -1.85. The van der Waals surface area contributed by atoms with E-state index >= 15 is 0 Å². The number of methoxy groups -OCH3 is 1. The number of thiocarbonyl (C=S) groups is 1. The number of hydrogen-bond donors (Lipinski definition) is 1. The number of nitrogens with zero attached hydrogens (tertiary/aromatic N) is 3. The molecule has 3 aromatic rings. The lowest BCUT2D eigenvalue weighted by Gasteiger charge is -2.29. The molecule has 2 amide bonds. The monoisotopic (exact) mass is 494 g/mol. The van der Waals surface area contributed by atoms with Gasteiger partial charge in [-0.15, -0.1) is 0 Å². The van der Waals surface area contributed by atoms with Crippen LogP contribution in [-0.2, 0) is 9.59 Å². The van der Waals surface area contributed by atoms with Gasteiger partial charge in [-0.25, -0.2) is 9.29 Å². The first kappa shape index (κ1) is 23.8. The van der Waals surface area contributed by atoms with Crippen molar-refractivity contribution in [3.05, 3.63) is 87.0 Å². The topological polar surface area (TPSA) is 107 Å². The number of amides is 2. The molecule has 0 bridgehead atoms. The number of ether oxygens (including phenoxy) is 1. The number of nitrogens with one attached hydrogen (secondary N) is 1. The molecule has 1 aliphatic heterocycles. The Balaban J connectivity index is 1.80. The minimum Gasteiger partial charge on any atom is -0.494 e. The van der Waals surface area contributed by atoms with E-state index in [-0.39, 0.29) is 27.8 Å². The molecule has 1 fully saturated rings. The SMILES string of the molecule is COc1cc([N+](=O)[O-])ccc1-n1c(C)cc(/C=C2\C(=O)NC(=S)N(c3ccccc3F)C2=O)c1C. The van der Waals surface area contributed by atoms with E-state index in [0.717, 1.165) is 10.6 Å². The van der Waals surface area contributed by atoms with Crippen molar-refractivity contribution in [2.45, 2.75) is 13.8 Å². The number of carbonyl (C=O) groups is 2. The van der Waals surface area contributed by atoms with Crippen molar-refractivity contribution in [2.75, 3.05) is 12.0 Å². The van der Waals surface area contributed by atoms with E-state index in [9.17, 15) is 24.1 Å². The lowest BCUT2D eigenvalue weighted by atomic mass is 10.1. The Morgan fingerprint density at radius 1 is 1.11 bits per heavy atom. The number of aromatic nitrogens is 1. The lowest BCUT2D eigenvalue weighted by molar-refractivity contribution is -0.384. The van der Waals surface area contributed by atoms with Crippen molar-refractivity contribution in [3.8, 4) is 11.4 Å². The molecule has 11 heteroatoms. The maximum absolute atomic E-state index is 14.4. The van der Waals surface area contributed by atoms with E-state index < -0.39 is 22.6 Å². The molecule has 1 N–H and O–H groups in total. The van der Waals surface area contributed by atoms with Crippen molar-refractivity contribution in [3.63, 3.8) is 0 Å². The van der Waals surface area contributed by atoms with Gasteiger partial charge in [0.1, 0.15) is 17.1 Å². The first-order chi connectivity index (χ1) is 16.6. The molecule has 178 valence electrons. The predicted molar refractivity (Wildman–Crippen MR) is 131 cm³/mol. The number of para-hydroxylation sites is 1. The summed E-state index contributed by atoms with van der Waals surface area (Å²) in [7, 11) is 1.41. The van der Waals surface area contributed by atoms with E-state index in [1.54, 1.807) is 36.6 Å². The number of halogens is 1. The van der Waals surface area contributed by atoms with Crippen LogP contribution in [0.2, 0.25) is 0 Å². The molecular formula is C24H19FN4O5S. The third kappa shape index (κ3) is 4.17. The molecule has 35 heavy (non-hydrogen) atoms. The fourth-order valence-corrected chi connectivity index (χ4v) is 4.21. The molecular weight excluding hydrogens is 475 g/mol. The van der Waals surface area contributed by atoms with E-state index in [0.29, 0.717) is 16.9 Å². The standard InChI is InChI=1S/C24H19FN4O5S/c1-13-10-15(14(2)27(13)20-9-8-16(29(32)33)12-21(20)34-3)11-17-22(30)26-24(35)28(23(17)31)19-7-5-4-6-18(19)25/h4-12H,1-3H3,(H,26,30,35)/b17-11+. The second-order valence-electron chi connectivity index (χ2n) is 7.68. The maximum atomic E-state index is 14.4. The van der Waals surface area contributed by atoms with Gasteiger partial charge in [-0.05, 0) is 62.0 Å². The lowest BCUT2D eigenvalue weighted by Crippen LogP contribution is -2.54. The van der Waals surface area contributed by atoms with Crippen molar-refractivity contribution in [2.24, 2.45) is 0 Å². The number of carbonyl (C=O) groups excluding carboxylic acids is 2. The first-order valence-corrected chi connectivity index (χ1v) is 10.7. The fourth-order valence-electron chi connectivity index (χ4n) is 3.93. The second kappa shape index (κ2) is 9.11. The largest absolute Gasteiger partial charge is 0.494 e. The molecule has 0 unspecified atom stereocenters. The van der Waals surface area contributed by atoms with Crippen molar-refractivity contribution >= 4 is 46.6 Å². The van der Waals surface area contributed by atoms with Gasteiger partial charge in [0.2, 0.25) is 0 Å². The highest BCUT2D eigenvalue weighted by Crippen LogP contribution is 2.32. The van der Waals surface area contributed by atoms with Crippen molar-refractivity contribution < 1.29 is 23.6 Å². The molecule has 0 saturated carbocycles. The Kier molecular flexibility index (Phi) is 6.18. The van der Waals surface area contributed by atoms with Crippen LogP contribution in [0.5, 0.6) is 5.75 Å². The van der Waals surface area contributed by atoms with Crippen LogP contribution in [0.25, 0.3) is 11.8 Å². The van der Waals surface area contributed by atoms with Gasteiger partial charge in [0, 0.05) is 17.5 Å². The fraction of sp³-hybridized carbons (Fsp3) is 0.125. The summed E-state index contributed by atoms with van der Waals surface area (Å²) in [5.41, 5.74) is 2.05. The number of nitro benzene ring substituents is 1. The van der Waals surface area contributed by atoms with Gasteiger partial charge < -0.3 is 9.30 Å². The molecule has 1 aromatic heterocycles. The number of anilines is 1. The van der Waals surface area contributed by atoms with Crippen LogP contribution >= 0.6 is 12.2 Å². The van der Waals surface area contributed by atoms with E-state index in [4.69, 9.17) is 17.0 Å². The molecule has 9 nitrogen and oxygen atoms in total. The van der Waals surface area contributed by atoms with Crippen LogP contribution in [0.1, 0.15) is 17.0 Å². The first-order valence-electron chi connectivity index (χ1n) is 10.3. The molecule has 0 radical (unpaired) electrons. The molecule has 0 aliphatic carbocycles. The Morgan fingerprint density at radius 3 is 2.49 bits per heavy atom. The Morgan fingerprint density at radius 2 is 1.83 bits per heavy atom. The van der Waals surface area contributed by atoms with Crippen LogP contribution in [0, 0.1) is 29.8 Å². The van der Waals surface area contributed by atoms with Gasteiger partial charge in [0.15, 0.2) is 5.11 Å². The summed E-state index contributed by atoms with van der Waals surface area (Å²) in [6, 6.07) is 11.6. The summed E-state index contributed by atoms with van der Waals surface area (Å²) >= 11 is 5.12. The summed E-state index contributed by atoms with van der Waals surface area (Å²) in [4.78, 5) is 37.5. The summed E-state index contributed by atoms with van der Waals surface area (Å²) < 4.78 is 21.5. The zero-order valence-electron chi connectivity index (χ0n) is 18.9. The highest BCUT2D eigenvalue weighted by atomic mass is 32.1. The van der Waals surface area contributed by atoms with Gasteiger partial charge in [0.05, 0.1) is 29.5 Å². The second-order valence-corrected chi connectivity index (χ2v) is 8.07. The van der Waals surface area contributed by atoms with Gasteiger partial charge in [-0.2, -0.15) is 0 Å². The van der Waals surface area contributed by atoms with E-state index in [2.05, 4.69) is 5.32 Å². The van der Waals surface area contributed by atoms with Crippen LogP contribution in [0.4, 0.5) is 15.8 Å². The molecule has 1 saturated heterocycles. The Labute approximate surface area is 204 Å². The van der Waals surface area contributed by atoms with Gasteiger partial charge in [-0.1, -0.05) is 12.1 Å². The molecule has 0 spiro atoms. The average molecular weight is 495 g/mol. The third-order valence-corrected chi connectivity index (χ3v) is 5.86. The minimum absolute atomic E-state index is 0.0745. The van der Waals surface area contributed by atoms with E-state index in [1.807, 2.05) is 0 Å². The maximum Gasteiger partial charge on any atom is 0.273 e. The molecule has 0 atom stereocenters. The number of aryl methyl sites for hydroxylation is 1. The Bertz CT molecular complexity index is 1450. The van der Waals surface area contributed by atoms with Crippen LogP contribution in [0.15, 0.2) is 54.1 Å². The number of nitro groups is 1. The zero-order chi connectivity index (χ0) is 25.4. The molecule has 1 aliphatic rings. The zero-order valence-corrected chi connectivity index (χ0v) is 19.7. The van der Waals surface area contributed by atoms with Crippen LogP contribution in [0.3, 0.4) is 0 Å². The molecule has 2 heterocycles. The minimum atomic E-state index is -0.762.